The van der Waals surface area contributed by atoms with Crippen LogP contribution in [0.5, 0.6) is 5.88 Å². The van der Waals surface area contributed by atoms with Crippen LogP contribution >= 0.6 is 11.6 Å². The van der Waals surface area contributed by atoms with Gasteiger partial charge in [-0.25, -0.2) is 4.98 Å². The summed E-state index contributed by atoms with van der Waals surface area (Å²) in [4.78, 5) is 8.53. The third-order valence-electron chi connectivity index (χ3n) is 2.87. The topological polar surface area (TPSA) is 35.0 Å². The van der Waals surface area contributed by atoms with Crippen LogP contribution in [0, 0.1) is 12.8 Å². The van der Waals surface area contributed by atoms with E-state index in [4.69, 9.17) is 16.3 Å². The van der Waals surface area contributed by atoms with E-state index in [1.54, 1.807) is 0 Å². The Balaban J connectivity index is 2.02. The van der Waals surface area contributed by atoms with Crippen LogP contribution in [0.2, 0.25) is 5.15 Å². The second-order valence-electron chi connectivity index (χ2n) is 4.29. The predicted octanol–water partition coefficient (Wildman–Crippen LogP) is 3.18. The maximum atomic E-state index is 6.02. The minimum atomic E-state index is 0.508. The van der Waals surface area contributed by atoms with E-state index < -0.39 is 0 Å². The van der Waals surface area contributed by atoms with Gasteiger partial charge < -0.3 is 4.74 Å². The number of nitrogens with zero attached hydrogens (tertiary/aromatic N) is 2. The van der Waals surface area contributed by atoms with Gasteiger partial charge in [0.15, 0.2) is 0 Å². The lowest BCUT2D eigenvalue weighted by Crippen LogP contribution is -2.05. The van der Waals surface area contributed by atoms with Crippen LogP contribution in [0.1, 0.15) is 37.6 Å². The molecule has 0 unspecified atom stereocenters. The third kappa shape index (κ3) is 2.85. The second-order valence-corrected chi connectivity index (χ2v) is 4.65. The van der Waals surface area contributed by atoms with E-state index in [1.165, 1.54) is 12.8 Å². The molecule has 0 atom stereocenters. The van der Waals surface area contributed by atoms with Gasteiger partial charge in [0.05, 0.1) is 6.61 Å². The van der Waals surface area contributed by atoms with Crippen LogP contribution in [0.4, 0.5) is 0 Å². The van der Waals surface area contributed by atoms with Crippen molar-refractivity contribution >= 4 is 11.6 Å². The number of halogens is 1. The molecule has 2 rings (SSSR count). The highest BCUT2D eigenvalue weighted by Gasteiger charge is 2.21. The van der Waals surface area contributed by atoms with Gasteiger partial charge in [0, 0.05) is 12.0 Å². The smallest absolute Gasteiger partial charge is 0.221 e. The molecule has 1 aromatic rings. The van der Waals surface area contributed by atoms with Crippen molar-refractivity contribution in [2.45, 2.75) is 39.5 Å². The number of rotatable bonds is 5. The highest BCUT2D eigenvalue weighted by atomic mass is 35.5. The van der Waals surface area contributed by atoms with E-state index in [0.717, 1.165) is 36.8 Å². The van der Waals surface area contributed by atoms with E-state index in [-0.39, 0.29) is 0 Å². The van der Waals surface area contributed by atoms with Crippen molar-refractivity contribution in [3.8, 4) is 5.88 Å². The van der Waals surface area contributed by atoms with Gasteiger partial charge in [-0.3, -0.25) is 0 Å². The number of ether oxygens (including phenoxy) is 1. The van der Waals surface area contributed by atoms with E-state index in [1.807, 2.05) is 13.8 Å². The Kier molecular flexibility index (Phi) is 3.64. The van der Waals surface area contributed by atoms with Crippen molar-refractivity contribution in [2.24, 2.45) is 5.92 Å². The van der Waals surface area contributed by atoms with Crippen LogP contribution in [-0.2, 0) is 6.42 Å². The van der Waals surface area contributed by atoms with Crippen LogP contribution in [0.3, 0.4) is 0 Å². The molecule has 0 amide bonds. The zero-order valence-electron chi connectivity index (χ0n) is 9.79. The van der Waals surface area contributed by atoms with Crippen LogP contribution in [0.15, 0.2) is 0 Å². The maximum absolute atomic E-state index is 6.02. The van der Waals surface area contributed by atoms with Crippen molar-refractivity contribution in [3.05, 3.63) is 16.5 Å². The zero-order chi connectivity index (χ0) is 11.5. The standard InChI is InChI=1S/C12H17ClN2O/c1-3-10-14-11(13)8(2)12(15-10)16-7-6-9-4-5-9/h9H,3-7H2,1-2H3. The molecule has 1 fully saturated rings. The van der Waals surface area contributed by atoms with E-state index in [9.17, 15) is 0 Å². The number of aryl methyl sites for hydroxylation is 1. The van der Waals surface area contributed by atoms with Crippen molar-refractivity contribution in [2.75, 3.05) is 6.61 Å². The summed E-state index contributed by atoms with van der Waals surface area (Å²) >= 11 is 6.02. The Labute approximate surface area is 101 Å². The summed E-state index contributed by atoms with van der Waals surface area (Å²) in [5, 5.41) is 0.508. The van der Waals surface area contributed by atoms with Crippen molar-refractivity contribution in [3.63, 3.8) is 0 Å². The van der Waals surface area contributed by atoms with Gasteiger partial charge in [0.1, 0.15) is 11.0 Å². The van der Waals surface area contributed by atoms with Crippen LogP contribution in [0.25, 0.3) is 0 Å². The Hall–Kier alpha value is -0.830. The molecule has 1 aromatic heterocycles. The monoisotopic (exact) mass is 240 g/mol. The molecule has 16 heavy (non-hydrogen) atoms. The average molecular weight is 241 g/mol. The lowest BCUT2D eigenvalue weighted by molar-refractivity contribution is 0.287. The molecule has 1 aliphatic carbocycles. The van der Waals surface area contributed by atoms with Gasteiger partial charge in [-0.2, -0.15) is 4.98 Å². The SMILES string of the molecule is CCc1nc(Cl)c(C)c(OCCC2CC2)n1. The molecule has 0 N–H and O–H groups in total. The van der Waals surface area contributed by atoms with Gasteiger partial charge in [0.2, 0.25) is 5.88 Å². The fraction of sp³-hybridized carbons (Fsp3) is 0.667. The van der Waals surface area contributed by atoms with Gasteiger partial charge in [-0.15, -0.1) is 0 Å². The first kappa shape index (κ1) is 11.6. The lowest BCUT2D eigenvalue weighted by atomic mass is 10.3. The number of hydrogen-bond acceptors (Lipinski definition) is 3. The second kappa shape index (κ2) is 5.00. The molecule has 0 bridgehead atoms. The summed E-state index contributed by atoms with van der Waals surface area (Å²) in [6.07, 6.45) is 4.61. The highest BCUT2D eigenvalue weighted by molar-refractivity contribution is 6.30. The molecule has 0 aliphatic heterocycles. The van der Waals surface area contributed by atoms with Crippen molar-refractivity contribution in [1.29, 1.82) is 0 Å². The highest BCUT2D eigenvalue weighted by Crippen LogP contribution is 2.32. The minimum Gasteiger partial charge on any atom is -0.477 e. The zero-order valence-corrected chi connectivity index (χ0v) is 10.5. The van der Waals surface area contributed by atoms with Gasteiger partial charge >= 0.3 is 0 Å². The molecular formula is C12H17ClN2O. The third-order valence-corrected chi connectivity index (χ3v) is 3.23. The first-order chi connectivity index (χ1) is 7.70. The molecule has 0 radical (unpaired) electrons. The molecule has 88 valence electrons. The summed E-state index contributed by atoms with van der Waals surface area (Å²) in [5.41, 5.74) is 0.842. The predicted molar refractivity (Wildman–Crippen MR) is 64.0 cm³/mol. The first-order valence-corrected chi connectivity index (χ1v) is 6.24. The quantitative estimate of drug-likeness (QED) is 0.742. The summed E-state index contributed by atoms with van der Waals surface area (Å²) in [5.74, 6) is 2.28. The van der Waals surface area contributed by atoms with E-state index >= 15 is 0 Å². The Bertz CT molecular complexity index is 378. The summed E-state index contributed by atoms with van der Waals surface area (Å²) in [6, 6.07) is 0. The van der Waals surface area contributed by atoms with E-state index in [2.05, 4.69) is 9.97 Å². The fourth-order valence-electron chi connectivity index (χ4n) is 1.54. The average Bonchev–Trinajstić information content (AvgIpc) is 3.08. The maximum Gasteiger partial charge on any atom is 0.221 e. The fourth-order valence-corrected chi connectivity index (χ4v) is 1.72. The van der Waals surface area contributed by atoms with Crippen molar-refractivity contribution in [1.82, 2.24) is 9.97 Å². The Morgan fingerprint density at radius 2 is 2.12 bits per heavy atom. The van der Waals surface area contributed by atoms with Crippen molar-refractivity contribution < 1.29 is 4.74 Å². The molecule has 4 heteroatoms. The largest absolute Gasteiger partial charge is 0.477 e. The molecule has 1 saturated carbocycles. The van der Waals surface area contributed by atoms with Gasteiger partial charge in [-0.05, 0) is 19.3 Å². The lowest BCUT2D eigenvalue weighted by Gasteiger charge is -2.09. The molecular weight excluding hydrogens is 224 g/mol. The van der Waals surface area contributed by atoms with Crippen LogP contribution in [-0.4, -0.2) is 16.6 Å². The normalized spacial score (nSPS) is 15.2. The van der Waals surface area contributed by atoms with E-state index in [0.29, 0.717) is 11.0 Å². The molecule has 1 aliphatic rings. The summed E-state index contributed by atoms with van der Waals surface area (Å²) < 4.78 is 5.68. The van der Waals surface area contributed by atoms with Gasteiger partial charge in [0.25, 0.3) is 0 Å². The molecule has 3 nitrogen and oxygen atoms in total. The number of hydrogen-bond donors (Lipinski definition) is 0. The summed E-state index contributed by atoms with van der Waals surface area (Å²) in [7, 11) is 0. The molecule has 0 saturated heterocycles. The Morgan fingerprint density at radius 3 is 2.75 bits per heavy atom. The molecule has 1 heterocycles. The van der Waals surface area contributed by atoms with Crippen LogP contribution < -0.4 is 4.74 Å². The first-order valence-electron chi connectivity index (χ1n) is 5.86. The molecule has 0 spiro atoms. The number of aromatic nitrogens is 2. The molecule has 0 aromatic carbocycles. The summed E-state index contributed by atoms with van der Waals surface area (Å²) in [6.45, 7) is 4.64. The van der Waals surface area contributed by atoms with Gasteiger partial charge in [-0.1, -0.05) is 31.4 Å². The Morgan fingerprint density at radius 1 is 1.38 bits per heavy atom. The minimum absolute atomic E-state index is 0.508.